The SMILES string of the molecule is CCCNC(Cc1ncnn1C)c1csc(Br)c1. The first-order valence-electron chi connectivity index (χ1n) is 6.01. The second-order valence-electron chi connectivity index (χ2n) is 4.19. The molecular formula is C12H17BrN4S. The molecule has 18 heavy (non-hydrogen) atoms. The normalized spacial score (nSPS) is 12.8. The van der Waals surface area contributed by atoms with E-state index in [1.807, 2.05) is 11.7 Å². The van der Waals surface area contributed by atoms with E-state index in [-0.39, 0.29) is 0 Å². The van der Waals surface area contributed by atoms with Gasteiger partial charge in [0.15, 0.2) is 0 Å². The zero-order chi connectivity index (χ0) is 13.0. The van der Waals surface area contributed by atoms with Crippen LogP contribution in [0.15, 0.2) is 21.6 Å². The molecule has 0 amide bonds. The Labute approximate surface area is 120 Å². The standard InChI is InChI=1S/C12H17BrN4S/c1-3-4-14-10(9-5-11(13)18-7-9)6-12-15-8-16-17(12)2/h5,7-8,10,14H,3-4,6H2,1-2H3. The molecule has 1 atom stereocenters. The molecule has 4 nitrogen and oxygen atoms in total. The second kappa shape index (κ2) is 6.45. The average Bonchev–Trinajstić information content (AvgIpc) is 2.94. The molecule has 0 aliphatic heterocycles. The smallest absolute Gasteiger partial charge is 0.138 e. The van der Waals surface area contributed by atoms with Gasteiger partial charge in [-0.3, -0.25) is 4.68 Å². The average molecular weight is 329 g/mol. The molecule has 0 radical (unpaired) electrons. The zero-order valence-electron chi connectivity index (χ0n) is 10.6. The van der Waals surface area contributed by atoms with Crippen LogP contribution in [0.5, 0.6) is 0 Å². The third-order valence-corrected chi connectivity index (χ3v) is 4.35. The minimum atomic E-state index is 0.301. The number of aromatic nitrogens is 3. The van der Waals surface area contributed by atoms with E-state index in [0.29, 0.717) is 6.04 Å². The summed E-state index contributed by atoms with van der Waals surface area (Å²) in [5, 5.41) is 9.88. The van der Waals surface area contributed by atoms with Crippen LogP contribution in [0.25, 0.3) is 0 Å². The van der Waals surface area contributed by atoms with Crippen molar-refractivity contribution in [3.05, 3.63) is 32.9 Å². The van der Waals surface area contributed by atoms with E-state index in [1.54, 1.807) is 17.7 Å². The molecule has 0 aliphatic rings. The molecule has 2 rings (SSSR count). The van der Waals surface area contributed by atoms with Crippen LogP contribution in [0.2, 0.25) is 0 Å². The van der Waals surface area contributed by atoms with Gasteiger partial charge in [0.25, 0.3) is 0 Å². The van der Waals surface area contributed by atoms with E-state index in [2.05, 4.69) is 49.7 Å². The summed E-state index contributed by atoms with van der Waals surface area (Å²) in [7, 11) is 1.93. The van der Waals surface area contributed by atoms with E-state index in [1.165, 1.54) is 9.35 Å². The molecule has 1 N–H and O–H groups in total. The maximum atomic E-state index is 4.30. The Bertz CT molecular complexity index is 494. The highest BCUT2D eigenvalue weighted by molar-refractivity contribution is 9.11. The summed E-state index contributed by atoms with van der Waals surface area (Å²) in [5.41, 5.74) is 1.31. The number of nitrogens with one attached hydrogen (secondary N) is 1. The minimum Gasteiger partial charge on any atom is -0.310 e. The summed E-state index contributed by atoms with van der Waals surface area (Å²) >= 11 is 5.24. The van der Waals surface area contributed by atoms with E-state index in [4.69, 9.17) is 0 Å². The van der Waals surface area contributed by atoms with Gasteiger partial charge in [-0.25, -0.2) is 4.98 Å². The number of rotatable bonds is 6. The molecule has 2 heterocycles. The van der Waals surface area contributed by atoms with Crippen molar-refractivity contribution in [3.8, 4) is 0 Å². The number of halogens is 1. The number of hydrogen-bond donors (Lipinski definition) is 1. The van der Waals surface area contributed by atoms with Crippen molar-refractivity contribution < 1.29 is 0 Å². The molecule has 98 valence electrons. The van der Waals surface area contributed by atoms with Crippen molar-refractivity contribution in [1.29, 1.82) is 0 Å². The first kappa shape index (κ1) is 13.7. The van der Waals surface area contributed by atoms with E-state index in [9.17, 15) is 0 Å². The highest BCUT2D eigenvalue weighted by Crippen LogP contribution is 2.27. The van der Waals surface area contributed by atoms with Crippen LogP contribution >= 0.6 is 27.3 Å². The van der Waals surface area contributed by atoms with Gasteiger partial charge in [0, 0.05) is 19.5 Å². The maximum Gasteiger partial charge on any atom is 0.138 e. The Morgan fingerprint density at radius 1 is 1.56 bits per heavy atom. The van der Waals surface area contributed by atoms with Crippen LogP contribution in [-0.2, 0) is 13.5 Å². The molecule has 0 saturated heterocycles. The fraction of sp³-hybridized carbons (Fsp3) is 0.500. The molecule has 0 aliphatic carbocycles. The van der Waals surface area contributed by atoms with Crippen LogP contribution in [0, 0.1) is 0 Å². The topological polar surface area (TPSA) is 42.7 Å². The largest absolute Gasteiger partial charge is 0.310 e. The van der Waals surface area contributed by atoms with Crippen molar-refractivity contribution in [2.45, 2.75) is 25.8 Å². The molecular weight excluding hydrogens is 312 g/mol. The van der Waals surface area contributed by atoms with Crippen molar-refractivity contribution in [1.82, 2.24) is 20.1 Å². The number of aryl methyl sites for hydroxylation is 1. The summed E-state index contributed by atoms with van der Waals surface area (Å²) in [6.45, 7) is 3.19. The highest BCUT2D eigenvalue weighted by Gasteiger charge is 2.15. The third-order valence-electron chi connectivity index (χ3n) is 2.82. The van der Waals surface area contributed by atoms with Crippen molar-refractivity contribution in [2.24, 2.45) is 7.05 Å². The minimum absolute atomic E-state index is 0.301. The number of nitrogens with zero attached hydrogens (tertiary/aromatic N) is 3. The lowest BCUT2D eigenvalue weighted by Crippen LogP contribution is -2.24. The summed E-state index contributed by atoms with van der Waals surface area (Å²) in [6, 6.07) is 2.48. The Hall–Kier alpha value is -0.720. The van der Waals surface area contributed by atoms with Gasteiger partial charge in [-0.1, -0.05) is 6.92 Å². The van der Waals surface area contributed by atoms with Gasteiger partial charge in [0.2, 0.25) is 0 Å². The Balaban J connectivity index is 2.12. The van der Waals surface area contributed by atoms with Gasteiger partial charge in [-0.15, -0.1) is 11.3 Å². The van der Waals surface area contributed by atoms with Crippen molar-refractivity contribution in [3.63, 3.8) is 0 Å². The lowest BCUT2D eigenvalue weighted by molar-refractivity contribution is 0.507. The molecule has 2 aromatic heterocycles. The molecule has 2 aromatic rings. The summed E-state index contributed by atoms with van der Waals surface area (Å²) in [6.07, 6.45) is 3.59. The van der Waals surface area contributed by atoms with E-state index in [0.717, 1.165) is 25.2 Å². The monoisotopic (exact) mass is 328 g/mol. The predicted octanol–water partition coefficient (Wildman–Crippen LogP) is 2.92. The number of thiophene rings is 1. The summed E-state index contributed by atoms with van der Waals surface area (Å²) in [5.74, 6) is 1.01. The van der Waals surface area contributed by atoms with Crippen LogP contribution in [0.1, 0.15) is 30.8 Å². The van der Waals surface area contributed by atoms with E-state index >= 15 is 0 Å². The van der Waals surface area contributed by atoms with Gasteiger partial charge in [0.05, 0.1) is 3.79 Å². The molecule has 0 spiro atoms. The predicted molar refractivity (Wildman–Crippen MR) is 77.8 cm³/mol. The van der Waals surface area contributed by atoms with Crippen LogP contribution in [0.3, 0.4) is 0 Å². The first-order valence-corrected chi connectivity index (χ1v) is 7.68. The zero-order valence-corrected chi connectivity index (χ0v) is 13.0. The Morgan fingerprint density at radius 3 is 2.94 bits per heavy atom. The molecule has 1 unspecified atom stereocenters. The van der Waals surface area contributed by atoms with Crippen molar-refractivity contribution in [2.75, 3.05) is 6.54 Å². The van der Waals surface area contributed by atoms with Crippen molar-refractivity contribution >= 4 is 27.3 Å². The second-order valence-corrected chi connectivity index (χ2v) is 6.49. The van der Waals surface area contributed by atoms with Crippen LogP contribution < -0.4 is 5.32 Å². The molecule has 0 fully saturated rings. The van der Waals surface area contributed by atoms with Crippen LogP contribution in [-0.4, -0.2) is 21.3 Å². The van der Waals surface area contributed by atoms with Crippen LogP contribution in [0.4, 0.5) is 0 Å². The Morgan fingerprint density at radius 2 is 2.39 bits per heavy atom. The lowest BCUT2D eigenvalue weighted by atomic mass is 10.1. The third kappa shape index (κ3) is 3.40. The fourth-order valence-corrected chi connectivity index (χ4v) is 3.05. The van der Waals surface area contributed by atoms with Gasteiger partial charge >= 0.3 is 0 Å². The van der Waals surface area contributed by atoms with Gasteiger partial charge in [-0.2, -0.15) is 5.10 Å². The lowest BCUT2D eigenvalue weighted by Gasteiger charge is -2.16. The summed E-state index contributed by atoms with van der Waals surface area (Å²) < 4.78 is 3.00. The summed E-state index contributed by atoms with van der Waals surface area (Å²) in [4.78, 5) is 4.30. The molecule has 0 aromatic carbocycles. The van der Waals surface area contributed by atoms with Gasteiger partial charge in [-0.05, 0) is 45.9 Å². The van der Waals surface area contributed by atoms with Gasteiger partial charge in [0.1, 0.15) is 12.2 Å². The molecule has 0 saturated carbocycles. The highest BCUT2D eigenvalue weighted by atomic mass is 79.9. The maximum absolute atomic E-state index is 4.30. The van der Waals surface area contributed by atoms with E-state index < -0.39 is 0 Å². The molecule has 0 bridgehead atoms. The fourth-order valence-electron chi connectivity index (χ4n) is 1.82. The Kier molecular flexibility index (Phi) is 4.91. The quantitative estimate of drug-likeness (QED) is 0.886. The number of hydrogen-bond acceptors (Lipinski definition) is 4. The van der Waals surface area contributed by atoms with Gasteiger partial charge < -0.3 is 5.32 Å². The molecule has 6 heteroatoms. The first-order chi connectivity index (χ1) is 8.70.